The first kappa shape index (κ1) is 12.6. The second-order valence-corrected chi connectivity index (χ2v) is 5.93. The van der Waals surface area contributed by atoms with Crippen LogP contribution in [-0.2, 0) is 0 Å². The van der Waals surface area contributed by atoms with Crippen molar-refractivity contribution in [3.05, 3.63) is 36.0 Å². The highest BCUT2D eigenvalue weighted by molar-refractivity contribution is 6.05. The zero-order valence-electron chi connectivity index (χ0n) is 12.1. The van der Waals surface area contributed by atoms with Crippen molar-refractivity contribution >= 4 is 27.6 Å². The zero-order valence-corrected chi connectivity index (χ0v) is 12.1. The van der Waals surface area contributed by atoms with Gasteiger partial charge in [-0.25, -0.2) is 4.39 Å². The van der Waals surface area contributed by atoms with Crippen LogP contribution in [0, 0.1) is 6.92 Å². The fourth-order valence-electron chi connectivity index (χ4n) is 3.17. The number of hydrogen-bond acceptors (Lipinski definition) is 2. The molecule has 3 nitrogen and oxygen atoms in total. The Morgan fingerprint density at radius 3 is 2.81 bits per heavy atom. The van der Waals surface area contributed by atoms with Gasteiger partial charge in [0.2, 0.25) is 0 Å². The molecule has 0 amide bonds. The fraction of sp³-hybridized carbons (Fsp3) is 0.353. The number of piperidine rings is 1. The zero-order chi connectivity index (χ0) is 14.4. The van der Waals surface area contributed by atoms with Crippen molar-refractivity contribution in [3.8, 4) is 0 Å². The number of H-pyrrole nitrogens is 1. The second kappa shape index (κ2) is 4.72. The Balaban J connectivity index is 1.77. The summed E-state index contributed by atoms with van der Waals surface area (Å²) in [5.41, 5.74) is 5.51. The quantitative estimate of drug-likeness (QED) is 0.733. The lowest BCUT2D eigenvalue weighted by molar-refractivity contribution is 0.277. The van der Waals surface area contributed by atoms with Crippen LogP contribution in [0.4, 0.5) is 10.1 Å². The summed E-state index contributed by atoms with van der Waals surface area (Å²) in [6.45, 7) is 3.64. The molecule has 2 aromatic heterocycles. The third-order valence-electron chi connectivity index (χ3n) is 4.34. The summed E-state index contributed by atoms with van der Waals surface area (Å²) in [6, 6.07) is 8.52. The summed E-state index contributed by atoms with van der Waals surface area (Å²) >= 11 is 0. The number of aromatic amines is 1. The summed E-state index contributed by atoms with van der Waals surface area (Å²) in [5.74, 6) is 0. The monoisotopic (exact) mass is 283 g/mol. The molecule has 0 atom stereocenters. The molecule has 21 heavy (non-hydrogen) atoms. The first-order chi connectivity index (χ1) is 10.2. The maximum Gasteiger partial charge on any atom is 0.103 e. The number of aromatic nitrogens is 2. The third-order valence-corrected chi connectivity index (χ3v) is 4.34. The summed E-state index contributed by atoms with van der Waals surface area (Å²) < 4.78 is 13.3. The highest BCUT2D eigenvalue weighted by Crippen LogP contribution is 2.29. The Hall–Kier alpha value is -2.10. The lowest BCUT2D eigenvalue weighted by atomic mass is 10.1. The van der Waals surface area contributed by atoms with Gasteiger partial charge in [0.15, 0.2) is 0 Å². The predicted octanol–water partition coefficient (Wildman–Crippen LogP) is 3.96. The molecule has 4 rings (SSSR count). The van der Waals surface area contributed by atoms with Crippen LogP contribution in [0.5, 0.6) is 0 Å². The molecular weight excluding hydrogens is 265 g/mol. The number of rotatable bonds is 1. The van der Waals surface area contributed by atoms with Gasteiger partial charge in [-0.1, -0.05) is 0 Å². The predicted molar refractivity (Wildman–Crippen MR) is 84.7 cm³/mol. The Morgan fingerprint density at radius 1 is 1.19 bits per heavy atom. The average molecular weight is 283 g/mol. The van der Waals surface area contributed by atoms with Crippen LogP contribution in [-0.4, -0.2) is 29.2 Å². The minimum Gasteiger partial charge on any atom is -0.371 e. The SMILES string of the molecule is Cc1cnc2c(c1)[nH]c1cc(N3CCC(F)CC3)ccc12. The minimum atomic E-state index is -0.634. The number of aryl methyl sites for hydroxylation is 1. The number of hydrogen-bond donors (Lipinski definition) is 1. The number of nitrogens with one attached hydrogen (secondary N) is 1. The van der Waals surface area contributed by atoms with Gasteiger partial charge in [-0.3, -0.25) is 4.98 Å². The van der Waals surface area contributed by atoms with E-state index in [1.807, 2.05) is 13.1 Å². The van der Waals surface area contributed by atoms with E-state index in [9.17, 15) is 4.39 Å². The summed E-state index contributed by atoms with van der Waals surface area (Å²) in [7, 11) is 0. The standard InChI is InChI=1S/C17H18FN3/c1-11-8-16-17(19-10-11)14-3-2-13(9-15(14)20-16)21-6-4-12(18)5-7-21/h2-3,8-10,12,20H,4-7H2,1H3. The largest absolute Gasteiger partial charge is 0.371 e. The molecule has 3 heterocycles. The topological polar surface area (TPSA) is 31.9 Å². The maximum absolute atomic E-state index is 13.3. The highest BCUT2D eigenvalue weighted by Gasteiger charge is 2.19. The molecule has 1 aliphatic rings. The first-order valence-corrected chi connectivity index (χ1v) is 7.48. The number of alkyl halides is 1. The van der Waals surface area contributed by atoms with Gasteiger partial charge in [-0.2, -0.15) is 0 Å². The molecule has 0 unspecified atom stereocenters. The van der Waals surface area contributed by atoms with E-state index in [-0.39, 0.29) is 0 Å². The van der Waals surface area contributed by atoms with E-state index in [2.05, 4.69) is 39.1 Å². The van der Waals surface area contributed by atoms with E-state index in [0.717, 1.165) is 46.3 Å². The number of fused-ring (bicyclic) bond motifs is 3. The van der Waals surface area contributed by atoms with Crippen LogP contribution < -0.4 is 4.90 Å². The molecule has 1 fully saturated rings. The average Bonchev–Trinajstić information content (AvgIpc) is 2.84. The molecule has 108 valence electrons. The van der Waals surface area contributed by atoms with Crippen LogP contribution >= 0.6 is 0 Å². The van der Waals surface area contributed by atoms with Crippen molar-refractivity contribution in [2.75, 3.05) is 18.0 Å². The molecule has 0 aliphatic carbocycles. The van der Waals surface area contributed by atoms with Gasteiger partial charge >= 0.3 is 0 Å². The summed E-state index contributed by atoms with van der Waals surface area (Å²) in [4.78, 5) is 10.2. The van der Waals surface area contributed by atoms with E-state index >= 15 is 0 Å². The van der Waals surface area contributed by atoms with Crippen molar-refractivity contribution < 1.29 is 4.39 Å². The van der Waals surface area contributed by atoms with Crippen molar-refractivity contribution in [1.82, 2.24) is 9.97 Å². The van der Waals surface area contributed by atoms with Crippen LogP contribution in [0.15, 0.2) is 30.5 Å². The van der Waals surface area contributed by atoms with Crippen molar-refractivity contribution in [2.45, 2.75) is 25.9 Å². The van der Waals surface area contributed by atoms with E-state index < -0.39 is 6.17 Å². The minimum absolute atomic E-state index is 0.630. The lowest BCUT2D eigenvalue weighted by Crippen LogP contribution is -2.34. The third kappa shape index (κ3) is 2.15. The number of pyridine rings is 1. The number of halogens is 1. The Morgan fingerprint density at radius 2 is 2.00 bits per heavy atom. The summed E-state index contributed by atoms with van der Waals surface area (Å²) in [5, 5.41) is 1.15. The molecule has 4 heteroatoms. The van der Waals surface area contributed by atoms with Gasteiger partial charge in [0.05, 0.1) is 16.6 Å². The molecule has 0 radical (unpaired) electrons. The van der Waals surface area contributed by atoms with Crippen LogP contribution in [0.25, 0.3) is 21.9 Å². The van der Waals surface area contributed by atoms with Gasteiger partial charge < -0.3 is 9.88 Å². The number of anilines is 1. The van der Waals surface area contributed by atoms with Crippen LogP contribution in [0.1, 0.15) is 18.4 Å². The van der Waals surface area contributed by atoms with Gasteiger partial charge in [-0.05, 0) is 49.6 Å². The van der Waals surface area contributed by atoms with E-state index in [4.69, 9.17) is 0 Å². The van der Waals surface area contributed by atoms with Gasteiger partial charge in [-0.15, -0.1) is 0 Å². The molecule has 1 N–H and O–H groups in total. The highest BCUT2D eigenvalue weighted by atomic mass is 19.1. The molecule has 1 saturated heterocycles. The summed E-state index contributed by atoms with van der Waals surface area (Å²) in [6.07, 6.45) is 2.53. The molecule has 1 aliphatic heterocycles. The number of benzene rings is 1. The molecule has 3 aromatic rings. The van der Waals surface area contributed by atoms with Crippen LogP contribution in [0.3, 0.4) is 0 Å². The Labute approximate surface area is 122 Å². The molecule has 1 aromatic carbocycles. The molecule has 0 spiro atoms. The lowest BCUT2D eigenvalue weighted by Gasteiger charge is -2.30. The van der Waals surface area contributed by atoms with Gasteiger partial charge in [0.25, 0.3) is 0 Å². The normalized spacial score (nSPS) is 17.0. The Bertz CT molecular complexity index is 800. The van der Waals surface area contributed by atoms with Crippen molar-refractivity contribution in [3.63, 3.8) is 0 Å². The van der Waals surface area contributed by atoms with Gasteiger partial charge in [0, 0.05) is 30.4 Å². The smallest absolute Gasteiger partial charge is 0.103 e. The van der Waals surface area contributed by atoms with E-state index in [0.29, 0.717) is 12.8 Å². The first-order valence-electron chi connectivity index (χ1n) is 7.48. The van der Waals surface area contributed by atoms with Crippen molar-refractivity contribution in [2.24, 2.45) is 0 Å². The molecule has 0 saturated carbocycles. The second-order valence-electron chi connectivity index (χ2n) is 5.93. The van der Waals surface area contributed by atoms with Gasteiger partial charge in [0.1, 0.15) is 6.17 Å². The van der Waals surface area contributed by atoms with Crippen LogP contribution in [0.2, 0.25) is 0 Å². The fourth-order valence-corrected chi connectivity index (χ4v) is 3.17. The van der Waals surface area contributed by atoms with Crippen molar-refractivity contribution in [1.29, 1.82) is 0 Å². The van der Waals surface area contributed by atoms with E-state index in [1.165, 1.54) is 0 Å². The van der Waals surface area contributed by atoms with E-state index in [1.54, 1.807) is 0 Å². The Kier molecular flexibility index (Phi) is 2.84. The number of nitrogens with zero attached hydrogens (tertiary/aromatic N) is 2. The maximum atomic E-state index is 13.3. The molecular formula is C17H18FN3. The molecule has 0 bridgehead atoms.